The molecule has 0 bridgehead atoms. The Morgan fingerprint density at radius 3 is 1.32 bits per heavy atom. The molecule has 0 saturated carbocycles. The highest BCUT2D eigenvalue weighted by atomic mass is 16.5. The van der Waals surface area contributed by atoms with Crippen molar-refractivity contribution >= 4 is 11.9 Å². The molecule has 4 nitrogen and oxygen atoms in total. The minimum Gasteiger partial charge on any atom is -0.481 e. The van der Waals surface area contributed by atoms with Crippen molar-refractivity contribution in [2.75, 3.05) is 6.61 Å². The van der Waals surface area contributed by atoms with Gasteiger partial charge in [0.15, 0.2) is 0 Å². The Labute approximate surface area is 255 Å². The zero-order chi connectivity index (χ0) is 30.1. The van der Waals surface area contributed by atoms with Gasteiger partial charge in [-0.3, -0.25) is 9.59 Å². The van der Waals surface area contributed by atoms with Gasteiger partial charge in [0.2, 0.25) is 0 Å². The van der Waals surface area contributed by atoms with Crippen molar-refractivity contribution in [2.45, 2.75) is 187 Å². The maximum atomic E-state index is 12.0. The van der Waals surface area contributed by atoms with Gasteiger partial charge in [-0.1, -0.05) is 186 Å². The number of carbonyl (C=O) groups excluding carboxylic acids is 1. The fourth-order valence-corrected chi connectivity index (χ4v) is 5.51. The lowest BCUT2D eigenvalue weighted by Gasteiger charge is -2.11. The Morgan fingerprint density at radius 2 is 0.976 bits per heavy atom. The van der Waals surface area contributed by atoms with Crippen LogP contribution >= 0.6 is 0 Å². The predicted octanol–water partition coefficient (Wildman–Crippen LogP) is 11.9. The van der Waals surface area contributed by atoms with Crippen LogP contribution in [0.2, 0.25) is 0 Å². The second-order valence-electron chi connectivity index (χ2n) is 12.2. The Morgan fingerprint density at radius 1 is 0.610 bits per heavy atom. The topological polar surface area (TPSA) is 63.6 Å². The van der Waals surface area contributed by atoms with E-state index in [1.165, 1.54) is 160 Å². The average molecular weight is 577 g/mol. The van der Waals surface area contributed by atoms with Gasteiger partial charge in [0.1, 0.15) is 6.61 Å². The number of carboxylic acids is 1. The highest BCUT2D eigenvalue weighted by molar-refractivity contribution is 5.79. The number of carboxylic acid groups (broad SMARTS) is 1. The molecule has 0 radical (unpaired) electrons. The zero-order valence-corrected chi connectivity index (χ0v) is 27.2. The monoisotopic (exact) mass is 577 g/mol. The van der Waals surface area contributed by atoms with Crippen molar-refractivity contribution in [3.63, 3.8) is 0 Å². The summed E-state index contributed by atoms with van der Waals surface area (Å²) in [4.78, 5) is 22.9. The highest BCUT2D eigenvalue weighted by Gasteiger charge is 2.21. The summed E-state index contributed by atoms with van der Waals surface area (Å²) in [5.41, 5.74) is 0. The van der Waals surface area contributed by atoms with Gasteiger partial charge in [-0.15, -0.1) is 0 Å². The Balaban J connectivity index is 3.34. The Kier molecular flexibility index (Phi) is 31.7. The van der Waals surface area contributed by atoms with E-state index in [-0.39, 0.29) is 13.0 Å². The van der Waals surface area contributed by atoms with Crippen LogP contribution in [0.1, 0.15) is 187 Å². The third-order valence-electron chi connectivity index (χ3n) is 8.16. The number of hydrogen-bond donors (Lipinski definition) is 1. The lowest BCUT2D eigenvalue weighted by Crippen LogP contribution is -2.20. The van der Waals surface area contributed by atoms with Crippen molar-refractivity contribution in [3.05, 3.63) is 24.8 Å². The molecule has 4 heteroatoms. The van der Waals surface area contributed by atoms with Crippen LogP contribution in [-0.4, -0.2) is 23.7 Å². The lowest BCUT2D eigenvalue weighted by atomic mass is 10.0. The van der Waals surface area contributed by atoms with Crippen LogP contribution in [0.3, 0.4) is 0 Å². The molecule has 240 valence electrons. The Bertz CT molecular complexity index is 612. The van der Waals surface area contributed by atoms with E-state index in [1.54, 1.807) is 0 Å². The lowest BCUT2D eigenvalue weighted by molar-refractivity contribution is -0.152. The van der Waals surface area contributed by atoms with Crippen molar-refractivity contribution in [1.82, 2.24) is 0 Å². The zero-order valence-electron chi connectivity index (χ0n) is 27.2. The van der Waals surface area contributed by atoms with Crippen LogP contribution in [0.4, 0.5) is 0 Å². The molecule has 0 rings (SSSR count). The van der Waals surface area contributed by atoms with E-state index < -0.39 is 17.9 Å². The molecule has 0 aromatic heterocycles. The smallest absolute Gasteiger partial charge is 0.310 e. The number of ether oxygens (including phenoxy) is 1. The van der Waals surface area contributed by atoms with E-state index in [2.05, 4.69) is 19.6 Å². The number of aliphatic carboxylic acids is 1. The van der Waals surface area contributed by atoms with Gasteiger partial charge >= 0.3 is 11.9 Å². The molecular weight excluding hydrogens is 508 g/mol. The molecule has 0 fully saturated rings. The molecule has 41 heavy (non-hydrogen) atoms. The van der Waals surface area contributed by atoms with Gasteiger partial charge in [0, 0.05) is 0 Å². The normalized spacial score (nSPS) is 12.1. The third-order valence-corrected chi connectivity index (χ3v) is 8.16. The fraction of sp³-hybridized carbons (Fsp3) is 0.838. The quantitative estimate of drug-likeness (QED) is 0.0479. The van der Waals surface area contributed by atoms with Crippen LogP contribution in [0.15, 0.2) is 24.8 Å². The molecule has 1 unspecified atom stereocenters. The average Bonchev–Trinajstić information content (AvgIpc) is 2.96. The number of rotatable bonds is 33. The van der Waals surface area contributed by atoms with E-state index in [0.29, 0.717) is 6.42 Å². The molecule has 1 N–H and O–H groups in total. The van der Waals surface area contributed by atoms with Gasteiger partial charge in [-0.25, -0.2) is 0 Å². The van der Waals surface area contributed by atoms with Gasteiger partial charge in [0.25, 0.3) is 0 Å². The van der Waals surface area contributed by atoms with E-state index >= 15 is 0 Å². The largest absolute Gasteiger partial charge is 0.481 e. The summed E-state index contributed by atoms with van der Waals surface area (Å²) in [6.45, 7) is 5.93. The molecule has 1 atom stereocenters. The summed E-state index contributed by atoms with van der Waals surface area (Å²) in [6.07, 6.45) is 41.8. The van der Waals surface area contributed by atoms with Crippen LogP contribution in [-0.2, 0) is 14.3 Å². The molecule has 0 aliphatic rings. The number of unbranched alkanes of at least 4 members (excludes halogenated alkanes) is 25. The van der Waals surface area contributed by atoms with Crippen molar-refractivity contribution in [1.29, 1.82) is 0 Å². The van der Waals surface area contributed by atoms with Crippen LogP contribution in [0, 0.1) is 5.92 Å². The van der Waals surface area contributed by atoms with Crippen molar-refractivity contribution in [3.8, 4) is 0 Å². The standard InChI is InChI=1S/C37H68O4/c1-3-5-6-7-8-9-10-11-12-13-14-15-16-17-18-19-20-21-22-23-24-25-26-27-28-29-30-31-32-35(34-36(38)39)37(40)41-33-4-2/h4,30-31,35H,2-3,5-29,32-34H2,1H3,(H,38,39)/b31-30+. The van der Waals surface area contributed by atoms with Crippen LogP contribution < -0.4 is 0 Å². The molecule has 0 aromatic carbocycles. The SMILES string of the molecule is C=CCOC(=O)C(C/C=C/CCCCCCCCCCCCCCCCCCCCCCCCCCC)CC(=O)O. The molecule has 0 aliphatic heterocycles. The number of allylic oxidation sites excluding steroid dienone is 2. The number of esters is 1. The first-order valence-corrected chi connectivity index (χ1v) is 17.8. The number of carbonyl (C=O) groups is 2. The van der Waals surface area contributed by atoms with Crippen LogP contribution in [0.5, 0.6) is 0 Å². The van der Waals surface area contributed by atoms with E-state index in [9.17, 15) is 9.59 Å². The molecule has 0 amide bonds. The molecule has 0 heterocycles. The summed E-state index contributed by atoms with van der Waals surface area (Å²) in [6, 6.07) is 0. The maximum Gasteiger partial charge on any atom is 0.310 e. The molecule has 0 aliphatic carbocycles. The second kappa shape index (κ2) is 32.9. The summed E-state index contributed by atoms with van der Waals surface area (Å²) in [5, 5.41) is 9.01. The molecular formula is C37H68O4. The first-order valence-electron chi connectivity index (χ1n) is 17.8. The first-order chi connectivity index (χ1) is 20.1. The first kappa shape index (κ1) is 39.4. The van der Waals surface area contributed by atoms with Crippen molar-refractivity contribution in [2.24, 2.45) is 5.92 Å². The molecule has 0 aromatic rings. The van der Waals surface area contributed by atoms with Crippen molar-refractivity contribution < 1.29 is 19.4 Å². The van der Waals surface area contributed by atoms with Gasteiger partial charge < -0.3 is 9.84 Å². The van der Waals surface area contributed by atoms with Gasteiger partial charge in [0.05, 0.1) is 12.3 Å². The fourth-order valence-electron chi connectivity index (χ4n) is 5.51. The summed E-state index contributed by atoms with van der Waals surface area (Å²) in [7, 11) is 0. The van der Waals surface area contributed by atoms with Crippen LogP contribution in [0.25, 0.3) is 0 Å². The summed E-state index contributed by atoms with van der Waals surface area (Å²) in [5.74, 6) is -2.05. The van der Waals surface area contributed by atoms with Gasteiger partial charge in [-0.2, -0.15) is 0 Å². The molecule has 0 saturated heterocycles. The third kappa shape index (κ3) is 31.2. The van der Waals surface area contributed by atoms with Gasteiger partial charge in [-0.05, 0) is 19.3 Å². The predicted molar refractivity (Wildman–Crippen MR) is 176 cm³/mol. The highest BCUT2D eigenvalue weighted by Crippen LogP contribution is 2.17. The minimum atomic E-state index is -0.973. The Hall–Kier alpha value is -1.58. The summed E-state index contributed by atoms with van der Waals surface area (Å²) < 4.78 is 5.01. The summed E-state index contributed by atoms with van der Waals surface area (Å²) >= 11 is 0. The maximum absolute atomic E-state index is 12.0. The second-order valence-corrected chi connectivity index (χ2v) is 12.2. The van der Waals surface area contributed by atoms with E-state index in [0.717, 1.165) is 12.8 Å². The van der Waals surface area contributed by atoms with E-state index in [4.69, 9.17) is 9.84 Å². The minimum absolute atomic E-state index is 0.123. The number of hydrogen-bond acceptors (Lipinski definition) is 3. The van der Waals surface area contributed by atoms with E-state index in [1.807, 2.05) is 6.08 Å². The molecule has 0 spiro atoms.